The van der Waals surface area contributed by atoms with Crippen molar-refractivity contribution in [2.75, 3.05) is 20.1 Å². The van der Waals surface area contributed by atoms with Crippen molar-refractivity contribution in [1.82, 2.24) is 20.1 Å². The maximum Gasteiger partial charge on any atom is 0.317 e. The molecule has 4 rings (SSSR count). The lowest BCUT2D eigenvalue weighted by atomic mass is 10.0. The molecule has 2 aromatic carbocycles. The minimum atomic E-state index is -0.118. The van der Waals surface area contributed by atoms with Crippen LogP contribution in [0.25, 0.3) is 10.9 Å². The average molecular weight is 390 g/mol. The number of nitrogens with one attached hydrogen (secondary N) is 2. The van der Waals surface area contributed by atoms with E-state index in [2.05, 4.69) is 22.4 Å². The molecule has 2 heterocycles. The van der Waals surface area contributed by atoms with Gasteiger partial charge in [-0.2, -0.15) is 0 Å². The van der Waals surface area contributed by atoms with Gasteiger partial charge in [-0.15, -0.1) is 0 Å². The fourth-order valence-corrected chi connectivity index (χ4v) is 3.89. The molecule has 0 unspecified atom stereocenters. The molecule has 150 valence electrons. The van der Waals surface area contributed by atoms with Gasteiger partial charge in [-0.1, -0.05) is 48.5 Å². The Balaban J connectivity index is 1.26. The molecule has 1 aromatic heterocycles. The SMILES string of the molecule is CN(Cc1ccccc1)C(=O)CCNC(=O)N1CCc2c([nH]c3ccccc23)C1. The number of fused-ring (bicyclic) bond motifs is 3. The summed E-state index contributed by atoms with van der Waals surface area (Å²) in [6.45, 7) is 2.16. The molecule has 1 aliphatic heterocycles. The Hall–Kier alpha value is -3.28. The predicted molar refractivity (Wildman–Crippen MR) is 113 cm³/mol. The highest BCUT2D eigenvalue weighted by Gasteiger charge is 2.23. The van der Waals surface area contributed by atoms with Crippen LogP contribution in [0.15, 0.2) is 54.6 Å². The number of hydrogen-bond donors (Lipinski definition) is 2. The summed E-state index contributed by atoms with van der Waals surface area (Å²) in [5, 5.41) is 4.14. The van der Waals surface area contributed by atoms with E-state index in [1.165, 1.54) is 10.9 Å². The number of aromatic nitrogens is 1. The van der Waals surface area contributed by atoms with Crippen molar-refractivity contribution < 1.29 is 9.59 Å². The Morgan fingerprint density at radius 1 is 1.10 bits per heavy atom. The standard InChI is InChI=1S/C23H26N4O2/c1-26(15-17-7-3-2-4-8-17)22(28)11-13-24-23(29)27-14-12-19-18-9-5-6-10-20(18)25-21(19)16-27/h2-10,25H,11-16H2,1H3,(H,24,29). The van der Waals surface area contributed by atoms with Crippen molar-refractivity contribution in [3.8, 4) is 0 Å². The van der Waals surface area contributed by atoms with Crippen LogP contribution in [0.3, 0.4) is 0 Å². The summed E-state index contributed by atoms with van der Waals surface area (Å²) in [6.07, 6.45) is 1.13. The summed E-state index contributed by atoms with van der Waals surface area (Å²) in [4.78, 5) is 31.8. The highest BCUT2D eigenvalue weighted by Crippen LogP contribution is 2.27. The fraction of sp³-hybridized carbons (Fsp3) is 0.304. The molecular weight excluding hydrogens is 364 g/mol. The van der Waals surface area contributed by atoms with E-state index in [4.69, 9.17) is 0 Å². The maximum absolute atomic E-state index is 12.5. The number of carbonyl (C=O) groups excluding carboxylic acids is 2. The zero-order valence-electron chi connectivity index (χ0n) is 16.6. The zero-order chi connectivity index (χ0) is 20.2. The Labute approximate surface area is 170 Å². The van der Waals surface area contributed by atoms with Gasteiger partial charge in [-0.25, -0.2) is 4.79 Å². The summed E-state index contributed by atoms with van der Waals surface area (Å²) >= 11 is 0. The number of nitrogens with zero attached hydrogens (tertiary/aromatic N) is 2. The molecule has 2 N–H and O–H groups in total. The van der Waals surface area contributed by atoms with Gasteiger partial charge in [0.05, 0.1) is 6.54 Å². The fourth-order valence-electron chi connectivity index (χ4n) is 3.89. The van der Waals surface area contributed by atoms with Crippen LogP contribution in [0.2, 0.25) is 0 Å². The lowest BCUT2D eigenvalue weighted by Gasteiger charge is -2.27. The molecule has 29 heavy (non-hydrogen) atoms. The normalized spacial score (nSPS) is 13.2. The van der Waals surface area contributed by atoms with Gasteiger partial charge in [-0.05, 0) is 23.6 Å². The van der Waals surface area contributed by atoms with Crippen LogP contribution >= 0.6 is 0 Å². The second kappa shape index (κ2) is 8.39. The third-order valence-electron chi connectivity index (χ3n) is 5.47. The number of H-pyrrole nitrogens is 1. The van der Waals surface area contributed by atoms with Gasteiger partial charge in [0.1, 0.15) is 0 Å². The lowest BCUT2D eigenvalue weighted by molar-refractivity contribution is -0.130. The van der Waals surface area contributed by atoms with Gasteiger partial charge in [0.15, 0.2) is 0 Å². The van der Waals surface area contributed by atoms with Gasteiger partial charge in [-0.3, -0.25) is 4.79 Å². The topological polar surface area (TPSA) is 68.4 Å². The molecule has 0 saturated heterocycles. The second-order valence-electron chi connectivity index (χ2n) is 7.52. The third kappa shape index (κ3) is 4.26. The van der Waals surface area contributed by atoms with Crippen LogP contribution in [0.5, 0.6) is 0 Å². The number of hydrogen-bond acceptors (Lipinski definition) is 2. The monoisotopic (exact) mass is 390 g/mol. The number of urea groups is 1. The molecule has 0 radical (unpaired) electrons. The van der Waals surface area contributed by atoms with Crippen LogP contribution in [-0.2, 0) is 24.3 Å². The summed E-state index contributed by atoms with van der Waals surface area (Å²) in [6, 6.07) is 18.0. The molecule has 0 atom stereocenters. The summed E-state index contributed by atoms with van der Waals surface area (Å²) < 4.78 is 0. The predicted octanol–water partition coefficient (Wildman–Crippen LogP) is 3.28. The van der Waals surface area contributed by atoms with Crippen molar-refractivity contribution in [2.45, 2.75) is 25.9 Å². The van der Waals surface area contributed by atoms with E-state index in [1.54, 1.807) is 16.8 Å². The highest BCUT2D eigenvalue weighted by molar-refractivity contribution is 5.85. The van der Waals surface area contributed by atoms with Gasteiger partial charge < -0.3 is 20.1 Å². The van der Waals surface area contributed by atoms with E-state index >= 15 is 0 Å². The van der Waals surface area contributed by atoms with Gasteiger partial charge in [0, 0.05) is 49.7 Å². The summed E-state index contributed by atoms with van der Waals surface area (Å²) in [5.41, 5.74) is 4.62. The number of amides is 3. The Morgan fingerprint density at radius 2 is 1.86 bits per heavy atom. The minimum absolute atomic E-state index is 0.0192. The van der Waals surface area contributed by atoms with Crippen molar-refractivity contribution in [1.29, 1.82) is 0 Å². The number of para-hydroxylation sites is 1. The van der Waals surface area contributed by atoms with Crippen molar-refractivity contribution in [3.63, 3.8) is 0 Å². The first kappa shape index (κ1) is 19.1. The maximum atomic E-state index is 12.5. The van der Waals surface area contributed by atoms with E-state index in [1.807, 2.05) is 42.5 Å². The molecule has 0 fully saturated rings. The molecule has 1 aliphatic rings. The first-order valence-electron chi connectivity index (χ1n) is 10.0. The largest absolute Gasteiger partial charge is 0.357 e. The first-order chi connectivity index (χ1) is 14.1. The Morgan fingerprint density at radius 3 is 2.69 bits per heavy atom. The van der Waals surface area contributed by atoms with Gasteiger partial charge in [0.25, 0.3) is 0 Å². The molecule has 0 saturated carbocycles. The molecule has 6 heteroatoms. The van der Waals surface area contributed by atoms with Crippen molar-refractivity contribution in [3.05, 3.63) is 71.4 Å². The molecular formula is C23H26N4O2. The smallest absolute Gasteiger partial charge is 0.317 e. The zero-order valence-corrected chi connectivity index (χ0v) is 16.6. The number of aromatic amines is 1. The Kier molecular flexibility index (Phi) is 5.51. The summed E-state index contributed by atoms with van der Waals surface area (Å²) in [7, 11) is 1.79. The number of carbonyl (C=O) groups is 2. The van der Waals surface area contributed by atoms with Crippen LogP contribution in [0.4, 0.5) is 4.79 Å². The minimum Gasteiger partial charge on any atom is -0.357 e. The van der Waals surface area contributed by atoms with E-state index < -0.39 is 0 Å². The molecule has 3 amide bonds. The molecule has 6 nitrogen and oxygen atoms in total. The van der Waals surface area contributed by atoms with Crippen LogP contribution < -0.4 is 5.32 Å². The molecule has 0 bridgehead atoms. The second-order valence-corrected chi connectivity index (χ2v) is 7.52. The average Bonchev–Trinajstić information content (AvgIpc) is 3.12. The number of rotatable bonds is 5. The van der Waals surface area contributed by atoms with E-state index in [0.29, 0.717) is 32.6 Å². The third-order valence-corrected chi connectivity index (χ3v) is 5.47. The molecule has 0 spiro atoms. The van der Waals surface area contributed by atoms with Crippen LogP contribution in [0.1, 0.15) is 23.2 Å². The summed E-state index contributed by atoms with van der Waals surface area (Å²) in [5.74, 6) is 0.0192. The quantitative estimate of drug-likeness (QED) is 0.702. The molecule has 3 aromatic rings. The number of benzene rings is 2. The van der Waals surface area contributed by atoms with Crippen LogP contribution in [-0.4, -0.2) is 46.9 Å². The van der Waals surface area contributed by atoms with E-state index in [-0.39, 0.29) is 11.9 Å². The van der Waals surface area contributed by atoms with Gasteiger partial charge >= 0.3 is 6.03 Å². The van der Waals surface area contributed by atoms with Crippen LogP contribution in [0, 0.1) is 0 Å². The van der Waals surface area contributed by atoms with E-state index in [0.717, 1.165) is 23.2 Å². The van der Waals surface area contributed by atoms with Crippen molar-refractivity contribution >= 4 is 22.8 Å². The van der Waals surface area contributed by atoms with E-state index in [9.17, 15) is 9.59 Å². The lowest BCUT2D eigenvalue weighted by Crippen LogP contribution is -2.43. The van der Waals surface area contributed by atoms with Crippen molar-refractivity contribution in [2.24, 2.45) is 0 Å². The first-order valence-corrected chi connectivity index (χ1v) is 10.0. The highest BCUT2D eigenvalue weighted by atomic mass is 16.2. The molecule has 0 aliphatic carbocycles. The Bertz CT molecular complexity index is 1010. The van der Waals surface area contributed by atoms with Gasteiger partial charge in [0.2, 0.25) is 5.91 Å².